The maximum Gasteiger partial charge on any atom is 0.326 e. The van der Waals surface area contributed by atoms with Gasteiger partial charge in [-0.3, -0.25) is 19.4 Å². The molecular formula is C29H28N10O6. The largest absolute Gasteiger partial charge is 0.481 e. The summed E-state index contributed by atoms with van der Waals surface area (Å²) in [5, 5.41) is 28.5. The number of carbonyl (C=O) groups excluding carboxylic acids is 1. The summed E-state index contributed by atoms with van der Waals surface area (Å²) in [6.07, 6.45) is 4.73. The van der Waals surface area contributed by atoms with Gasteiger partial charge < -0.3 is 36.9 Å². The predicted molar refractivity (Wildman–Crippen MR) is 167 cm³/mol. The molecule has 0 radical (unpaired) electrons. The summed E-state index contributed by atoms with van der Waals surface area (Å²) in [6.45, 7) is 0.682. The Morgan fingerprint density at radius 3 is 2.62 bits per heavy atom. The first-order chi connectivity index (χ1) is 21.7. The summed E-state index contributed by atoms with van der Waals surface area (Å²) < 4.78 is 0. The number of aromatic nitrogens is 5. The van der Waals surface area contributed by atoms with Crippen LogP contribution in [0.2, 0.25) is 0 Å². The van der Waals surface area contributed by atoms with Gasteiger partial charge in [-0.1, -0.05) is 0 Å². The van der Waals surface area contributed by atoms with Crippen molar-refractivity contribution in [1.82, 2.24) is 30.2 Å². The number of nitrogens with zero attached hydrogens (tertiary/aromatic N) is 4. The van der Waals surface area contributed by atoms with Gasteiger partial charge >= 0.3 is 11.9 Å². The number of carboxylic acid groups (broad SMARTS) is 2. The van der Waals surface area contributed by atoms with Crippen molar-refractivity contribution in [3.63, 3.8) is 0 Å². The van der Waals surface area contributed by atoms with Gasteiger partial charge in [0, 0.05) is 46.4 Å². The average Bonchev–Trinajstić information content (AvgIpc) is 3.52. The molecule has 230 valence electrons. The molecule has 2 aromatic carbocycles. The summed E-state index contributed by atoms with van der Waals surface area (Å²) >= 11 is 0. The van der Waals surface area contributed by atoms with Gasteiger partial charge in [-0.25, -0.2) is 19.8 Å². The number of amides is 1. The van der Waals surface area contributed by atoms with Crippen molar-refractivity contribution in [3.05, 3.63) is 77.1 Å². The number of fused-ring (bicyclic) bond motifs is 4. The minimum atomic E-state index is -1.31. The van der Waals surface area contributed by atoms with Crippen molar-refractivity contribution >= 4 is 68.5 Å². The summed E-state index contributed by atoms with van der Waals surface area (Å²) in [5.74, 6) is -2.77. The molecule has 45 heavy (non-hydrogen) atoms. The van der Waals surface area contributed by atoms with Crippen LogP contribution in [0.3, 0.4) is 0 Å². The zero-order valence-corrected chi connectivity index (χ0v) is 23.6. The first-order valence-corrected chi connectivity index (χ1v) is 13.6. The molecule has 0 saturated heterocycles. The molecule has 9 N–H and O–H groups in total. The fourth-order valence-corrected chi connectivity index (χ4v) is 4.49. The van der Waals surface area contributed by atoms with E-state index in [0.717, 1.165) is 21.8 Å². The second-order valence-electron chi connectivity index (χ2n) is 9.87. The van der Waals surface area contributed by atoms with E-state index in [1.54, 1.807) is 18.5 Å². The lowest BCUT2D eigenvalue weighted by atomic mass is 10.1. The van der Waals surface area contributed by atoms with Crippen LogP contribution in [0.25, 0.3) is 21.8 Å². The molecule has 1 aliphatic heterocycles. The smallest absolute Gasteiger partial charge is 0.326 e. The summed E-state index contributed by atoms with van der Waals surface area (Å²) in [5.41, 5.74) is 8.86. The predicted octanol–water partition coefficient (Wildman–Crippen LogP) is 2.12. The third-order valence-electron chi connectivity index (χ3n) is 6.74. The second-order valence-corrected chi connectivity index (χ2v) is 9.87. The molecule has 0 spiro atoms. The third kappa shape index (κ3) is 7.37. The Balaban J connectivity index is 0.000000252. The summed E-state index contributed by atoms with van der Waals surface area (Å²) in [7, 11) is 0. The molecule has 0 unspecified atom stereocenters. The van der Waals surface area contributed by atoms with E-state index in [9.17, 15) is 19.2 Å². The lowest BCUT2D eigenvalue weighted by molar-refractivity contribution is -0.140. The lowest BCUT2D eigenvalue weighted by Gasteiger charge is -2.17. The highest BCUT2D eigenvalue weighted by Gasteiger charge is 2.22. The maximum atomic E-state index is 12.3. The highest BCUT2D eigenvalue weighted by Crippen LogP contribution is 2.22. The number of rotatable bonds is 9. The first kappa shape index (κ1) is 30.1. The van der Waals surface area contributed by atoms with Crippen LogP contribution in [0, 0.1) is 0 Å². The van der Waals surface area contributed by atoms with Crippen LogP contribution in [0.15, 0.2) is 71.0 Å². The van der Waals surface area contributed by atoms with Crippen molar-refractivity contribution in [3.8, 4) is 0 Å². The monoisotopic (exact) mass is 612 g/mol. The standard InChI is InChI=1S/C19H21N7O6.C10H7N3/c20-19-25-15-14(17(30)26-19)23-11(8-22-15)7-21-10-3-1-9(2-4-10)16(29)24-12(18(31)32)5-6-13(27)28;1-2-9-8(3-4-12-9)10-7(1)5-11-6-13-10/h1-4,12,21H,5-8H2,(H,24,29)(H,27,28)(H,31,32)(H4,20,22,25,26,30);1-6,12H/t12-;/m0./s1. The average molecular weight is 613 g/mol. The fourth-order valence-electron chi connectivity index (χ4n) is 4.49. The van der Waals surface area contributed by atoms with Crippen LogP contribution in [0.1, 0.15) is 23.2 Å². The van der Waals surface area contributed by atoms with E-state index in [-0.39, 0.29) is 30.0 Å². The number of benzene rings is 2. The Kier molecular flexibility index (Phi) is 8.93. The molecule has 5 aromatic rings. The number of anilines is 3. The van der Waals surface area contributed by atoms with Crippen molar-refractivity contribution in [1.29, 1.82) is 0 Å². The van der Waals surface area contributed by atoms with Crippen LogP contribution < -0.4 is 27.2 Å². The molecule has 1 amide bonds. The van der Waals surface area contributed by atoms with Crippen molar-refractivity contribution in [2.75, 3.05) is 29.5 Å². The van der Waals surface area contributed by atoms with Crippen LogP contribution in [-0.2, 0) is 9.59 Å². The van der Waals surface area contributed by atoms with E-state index in [1.165, 1.54) is 12.1 Å². The molecule has 4 heterocycles. The second kappa shape index (κ2) is 13.3. The molecule has 0 bridgehead atoms. The molecule has 1 aliphatic rings. The third-order valence-corrected chi connectivity index (χ3v) is 6.74. The van der Waals surface area contributed by atoms with Crippen molar-refractivity contribution in [2.24, 2.45) is 4.99 Å². The van der Waals surface area contributed by atoms with Crippen LogP contribution >= 0.6 is 0 Å². The number of nitrogen functional groups attached to an aromatic ring is 1. The SMILES string of the molecule is Nc1nc2c(c(=O)[nH]1)N=C(CNc1ccc(C(=O)N[C@@H](CCC(=O)O)C(=O)O)cc1)CN2.c1ncc2ccc3[nH]ccc3c2n1. The number of aromatic amines is 2. The van der Waals surface area contributed by atoms with E-state index >= 15 is 0 Å². The fraction of sp³-hybridized carbons (Fsp3) is 0.172. The molecule has 6 rings (SSSR count). The van der Waals surface area contributed by atoms with Gasteiger partial charge in [-0.05, 0) is 48.9 Å². The zero-order chi connectivity index (χ0) is 31.9. The highest BCUT2D eigenvalue weighted by atomic mass is 16.4. The number of carboxylic acids is 2. The molecule has 0 aliphatic carbocycles. The van der Waals surface area contributed by atoms with Crippen LogP contribution in [-0.4, -0.2) is 77.8 Å². The summed E-state index contributed by atoms with van der Waals surface area (Å²) in [6, 6.07) is 11.1. The minimum absolute atomic E-state index is 0.00119. The Morgan fingerprint density at radius 2 is 1.87 bits per heavy atom. The van der Waals surface area contributed by atoms with Gasteiger partial charge in [0.1, 0.15) is 12.4 Å². The van der Waals surface area contributed by atoms with Crippen molar-refractivity contribution < 1.29 is 24.6 Å². The lowest BCUT2D eigenvalue weighted by Crippen LogP contribution is -2.41. The van der Waals surface area contributed by atoms with E-state index < -0.39 is 29.4 Å². The van der Waals surface area contributed by atoms with Gasteiger partial charge in [-0.15, -0.1) is 0 Å². The van der Waals surface area contributed by atoms with E-state index in [2.05, 4.69) is 45.9 Å². The number of aliphatic imine (C=N–C) groups is 1. The van der Waals surface area contributed by atoms with Gasteiger partial charge in [-0.2, -0.15) is 4.98 Å². The number of nitrogens with two attached hydrogens (primary N) is 1. The normalized spacial score (nSPS) is 12.6. The zero-order valence-electron chi connectivity index (χ0n) is 23.6. The highest BCUT2D eigenvalue weighted by molar-refractivity contribution is 6.03. The number of carbonyl (C=O) groups is 3. The molecule has 3 aromatic heterocycles. The molecule has 0 saturated carbocycles. The minimum Gasteiger partial charge on any atom is -0.481 e. The van der Waals surface area contributed by atoms with Gasteiger partial charge in [0.05, 0.1) is 24.3 Å². The molecular weight excluding hydrogens is 584 g/mol. The number of aliphatic carboxylic acids is 2. The van der Waals surface area contributed by atoms with Gasteiger partial charge in [0.2, 0.25) is 5.95 Å². The first-order valence-electron chi connectivity index (χ1n) is 13.6. The number of H-pyrrole nitrogens is 2. The van der Waals surface area contributed by atoms with E-state index in [0.29, 0.717) is 30.3 Å². The Hall–Kier alpha value is -6.32. The Bertz CT molecular complexity index is 1970. The number of hydrogen-bond donors (Lipinski definition) is 8. The van der Waals surface area contributed by atoms with Gasteiger partial charge in [0.25, 0.3) is 11.5 Å². The summed E-state index contributed by atoms with van der Waals surface area (Å²) in [4.78, 5) is 68.1. The quantitative estimate of drug-likeness (QED) is 0.119. The topological polar surface area (TPSA) is 253 Å². The maximum absolute atomic E-state index is 12.3. The van der Waals surface area contributed by atoms with Crippen LogP contribution in [0.4, 0.5) is 23.1 Å². The number of nitrogens with one attached hydrogen (secondary N) is 5. The molecule has 1 atom stereocenters. The van der Waals surface area contributed by atoms with Crippen molar-refractivity contribution in [2.45, 2.75) is 18.9 Å². The Labute approximate surface area is 253 Å². The number of hydrogen-bond acceptors (Lipinski definition) is 11. The van der Waals surface area contributed by atoms with Crippen LogP contribution in [0.5, 0.6) is 0 Å². The van der Waals surface area contributed by atoms with E-state index in [1.807, 2.05) is 30.6 Å². The molecule has 16 nitrogen and oxygen atoms in total. The molecule has 16 heteroatoms. The Morgan fingerprint density at radius 1 is 1.07 bits per heavy atom. The van der Waals surface area contributed by atoms with Gasteiger partial charge in [0.15, 0.2) is 11.5 Å². The van der Waals surface area contributed by atoms with E-state index in [4.69, 9.17) is 15.9 Å². The molecule has 0 fully saturated rings.